The highest BCUT2D eigenvalue weighted by atomic mass is 16.5. The Bertz CT molecular complexity index is 1310. The van der Waals surface area contributed by atoms with Gasteiger partial charge in [0.15, 0.2) is 0 Å². The van der Waals surface area contributed by atoms with E-state index >= 15 is 0 Å². The molecule has 0 aliphatic carbocycles. The molecule has 0 fully saturated rings. The van der Waals surface area contributed by atoms with E-state index in [1.165, 1.54) is 6.92 Å². The lowest BCUT2D eigenvalue weighted by Crippen LogP contribution is -2.11. The predicted octanol–water partition coefficient (Wildman–Crippen LogP) is 4.90. The van der Waals surface area contributed by atoms with Crippen LogP contribution in [0.1, 0.15) is 55.8 Å². The molecule has 0 atom stereocenters. The number of hydrogen-bond donors (Lipinski definition) is 1. The number of aromatic nitrogens is 6. The quantitative estimate of drug-likeness (QED) is 0.216. The average Bonchev–Trinajstić information content (AvgIpc) is 3.44. The fraction of sp³-hybridized carbons (Fsp3) is 0.357. The number of rotatable bonds is 12. The van der Waals surface area contributed by atoms with Crippen molar-refractivity contribution >= 4 is 5.97 Å². The normalized spacial score (nSPS) is 10.9. The van der Waals surface area contributed by atoms with Gasteiger partial charge in [0.05, 0.1) is 18.9 Å². The number of carbonyl (C=O) groups excluding carboxylic acids is 1. The van der Waals surface area contributed by atoms with Gasteiger partial charge in [-0.15, -0.1) is 10.2 Å². The molecular weight excluding hydrogens is 468 g/mol. The van der Waals surface area contributed by atoms with Crippen LogP contribution in [0.3, 0.4) is 0 Å². The van der Waals surface area contributed by atoms with Crippen LogP contribution in [-0.4, -0.2) is 49.8 Å². The molecule has 0 saturated carbocycles. The Morgan fingerprint density at radius 3 is 2.46 bits per heavy atom. The number of nitrogens with one attached hydrogen (secondary N) is 1. The molecule has 0 unspecified atom stereocenters. The summed E-state index contributed by atoms with van der Waals surface area (Å²) >= 11 is 0. The van der Waals surface area contributed by atoms with Gasteiger partial charge in [0.2, 0.25) is 11.7 Å². The SMILES string of the molecule is CCCCc1nc(C)nc(OCCCOC(C)=O)c1Cc1ccc(-c2ccccc2-c2nn[nH]n2)cc1. The summed E-state index contributed by atoms with van der Waals surface area (Å²) in [5.74, 6) is 1.57. The van der Waals surface area contributed by atoms with Gasteiger partial charge in [0.1, 0.15) is 5.82 Å². The van der Waals surface area contributed by atoms with Crippen molar-refractivity contribution in [1.82, 2.24) is 30.6 Å². The van der Waals surface area contributed by atoms with E-state index in [2.05, 4.69) is 62.9 Å². The molecule has 2 aromatic heterocycles. The zero-order valence-electron chi connectivity index (χ0n) is 21.5. The summed E-state index contributed by atoms with van der Waals surface area (Å²) in [6, 6.07) is 16.5. The van der Waals surface area contributed by atoms with Crippen molar-refractivity contribution in [3.05, 3.63) is 71.2 Å². The Morgan fingerprint density at radius 1 is 0.973 bits per heavy atom. The average molecular weight is 501 g/mol. The highest BCUT2D eigenvalue weighted by Gasteiger charge is 2.16. The minimum Gasteiger partial charge on any atom is -0.477 e. The van der Waals surface area contributed by atoms with Crippen molar-refractivity contribution < 1.29 is 14.3 Å². The van der Waals surface area contributed by atoms with E-state index in [0.717, 1.165) is 52.8 Å². The highest BCUT2D eigenvalue weighted by molar-refractivity contribution is 5.80. The van der Waals surface area contributed by atoms with E-state index in [9.17, 15) is 4.79 Å². The number of benzene rings is 2. The molecule has 1 N–H and O–H groups in total. The fourth-order valence-electron chi connectivity index (χ4n) is 4.13. The number of nitrogens with zero attached hydrogens (tertiary/aromatic N) is 5. The fourth-order valence-corrected chi connectivity index (χ4v) is 4.13. The third-order valence-electron chi connectivity index (χ3n) is 5.93. The first-order valence-corrected chi connectivity index (χ1v) is 12.6. The van der Waals surface area contributed by atoms with Gasteiger partial charge in [-0.1, -0.05) is 61.9 Å². The number of unbranched alkanes of at least 4 members (excludes halogenated alkanes) is 1. The van der Waals surface area contributed by atoms with Gasteiger partial charge in [0, 0.05) is 30.9 Å². The standard InChI is InChI=1S/C28H32N6O3/c1-4-5-11-26-25(28(30-19(2)29-26)37-17-8-16-36-20(3)35)18-21-12-14-22(15-13-21)23-9-6-7-10-24(23)27-31-33-34-32-27/h6-7,9-10,12-15H,4-5,8,11,16-18H2,1-3H3,(H,31,32,33,34). The number of aryl methyl sites for hydroxylation is 2. The molecule has 0 aliphatic heterocycles. The first-order valence-electron chi connectivity index (χ1n) is 12.6. The summed E-state index contributed by atoms with van der Waals surface area (Å²) in [7, 11) is 0. The Labute approximate surface area is 216 Å². The van der Waals surface area contributed by atoms with Gasteiger partial charge in [-0.05, 0) is 41.7 Å². The number of H-pyrrole nitrogens is 1. The molecule has 4 rings (SSSR count). The highest BCUT2D eigenvalue weighted by Crippen LogP contribution is 2.31. The van der Waals surface area contributed by atoms with Gasteiger partial charge in [-0.25, -0.2) is 4.98 Å². The van der Waals surface area contributed by atoms with E-state index in [4.69, 9.17) is 14.5 Å². The molecular formula is C28H32N6O3. The molecule has 9 nitrogen and oxygen atoms in total. The Hall–Kier alpha value is -4.14. The molecule has 4 aromatic rings. The van der Waals surface area contributed by atoms with Crippen molar-refractivity contribution in [2.75, 3.05) is 13.2 Å². The van der Waals surface area contributed by atoms with Crippen LogP contribution in [0.4, 0.5) is 0 Å². The number of esters is 1. The minimum atomic E-state index is -0.288. The molecule has 0 amide bonds. The van der Waals surface area contributed by atoms with Crippen molar-refractivity contribution in [2.24, 2.45) is 0 Å². The van der Waals surface area contributed by atoms with Gasteiger partial charge in [-0.2, -0.15) is 10.2 Å². The van der Waals surface area contributed by atoms with E-state index in [1.807, 2.05) is 25.1 Å². The van der Waals surface area contributed by atoms with Crippen LogP contribution < -0.4 is 4.74 Å². The summed E-state index contributed by atoms with van der Waals surface area (Å²) in [5.41, 5.74) is 6.19. The van der Waals surface area contributed by atoms with Crippen molar-refractivity contribution in [3.8, 4) is 28.4 Å². The monoisotopic (exact) mass is 500 g/mol. The predicted molar refractivity (Wildman–Crippen MR) is 140 cm³/mol. The summed E-state index contributed by atoms with van der Waals surface area (Å²) in [6.45, 7) is 6.20. The molecule has 2 aromatic carbocycles. The summed E-state index contributed by atoms with van der Waals surface area (Å²) in [5, 5.41) is 14.5. The molecule has 0 saturated heterocycles. The van der Waals surface area contributed by atoms with E-state index in [1.54, 1.807) is 0 Å². The van der Waals surface area contributed by atoms with Gasteiger partial charge in [-0.3, -0.25) is 4.79 Å². The zero-order chi connectivity index (χ0) is 26.0. The van der Waals surface area contributed by atoms with E-state index in [0.29, 0.717) is 43.6 Å². The van der Waals surface area contributed by atoms with E-state index < -0.39 is 0 Å². The van der Waals surface area contributed by atoms with Crippen LogP contribution in [0.25, 0.3) is 22.5 Å². The molecule has 0 spiro atoms. The van der Waals surface area contributed by atoms with Gasteiger partial charge >= 0.3 is 5.97 Å². The van der Waals surface area contributed by atoms with Crippen molar-refractivity contribution in [3.63, 3.8) is 0 Å². The summed E-state index contributed by atoms with van der Waals surface area (Å²) in [6.07, 6.45) is 4.25. The maximum Gasteiger partial charge on any atom is 0.302 e. The van der Waals surface area contributed by atoms with E-state index in [-0.39, 0.29) is 5.97 Å². The Kier molecular flexibility index (Phi) is 8.91. The molecule has 2 heterocycles. The van der Waals surface area contributed by atoms with Crippen LogP contribution >= 0.6 is 0 Å². The third-order valence-corrected chi connectivity index (χ3v) is 5.93. The molecule has 0 radical (unpaired) electrons. The number of carbonyl (C=O) groups is 1. The number of aromatic amines is 1. The maximum absolute atomic E-state index is 11.0. The molecule has 0 bridgehead atoms. The minimum absolute atomic E-state index is 0.288. The van der Waals surface area contributed by atoms with Crippen LogP contribution in [0.15, 0.2) is 48.5 Å². The number of ether oxygens (including phenoxy) is 2. The lowest BCUT2D eigenvalue weighted by molar-refractivity contribution is -0.141. The second kappa shape index (κ2) is 12.7. The maximum atomic E-state index is 11.0. The molecule has 192 valence electrons. The first kappa shape index (κ1) is 25.9. The number of tetrazole rings is 1. The second-order valence-corrected chi connectivity index (χ2v) is 8.80. The second-order valence-electron chi connectivity index (χ2n) is 8.80. The van der Waals surface area contributed by atoms with Crippen LogP contribution in [0.2, 0.25) is 0 Å². The van der Waals surface area contributed by atoms with Crippen LogP contribution in [0.5, 0.6) is 5.88 Å². The Balaban J connectivity index is 1.57. The molecule has 0 aliphatic rings. The lowest BCUT2D eigenvalue weighted by atomic mass is 9.96. The molecule has 37 heavy (non-hydrogen) atoms. The zero-order valence-corrected chi connectivity index (χ0v) is 21.5. The largest absolute Gasteiger partial charge is 0.477 e. The van der Waals surface area contributed by atoms with Crippen molar-refractivity contribution in [1.29, 1.82) is 0 Å². The topological polar surface area (TPSA) is 116 Å². The van der Waals surface area contributed by atoms with Crippen molar-refractivity contribution in [2.45, 2.75) is 52.9 Å². The Morgan fingerprint density at radius 2 is 1.76 bits per heavy atom. The smallest absolute Gasteiger partial charge is 0.302 e. The van der Waals surface area contributed by atoms with Gasteiger partial charge < -0.3 is 9.47 Å². The third kappa shape index (κ3) is 6.97. The van der Waals surface area contributed by atoms with Gasteiger partial charge in [0.25, 0.3) is 0 Å². The summed E-state index contributed by atoms with van der Waals surface area (Å²) < 4.78 is 11.1. The van der Waals surface area contributed by atoms with Crippen LogP contribution in [0, 0.1) is 6.92 Å². The first-order chi connectivity index (χ1) is 18.0. The van der Waals surface area contributed by atoms with Crippen LogP contribution in [-0.2, 0) is 22.4 Å². The lowest BCUT2D eigenvalue weighted by Gasteiger charge is -2.16. The summed E-state index contributed by atoms with van der Waals surface area (Å²) in [4.78, 5) is 20.4. The number of hydrogen-bond acceptors (Lipinski definition) is 8. The molecule has 9 heteroatoms.